The van der Waals surface area contributed by atoms with E-state index in [4.69, 9.17) is 4.42 Å². The van der Waals surface area contributed by atoms with Crippen LogP contribution in [0.2, 0.25) is 0 Å². The van der Waals surface area contributed by atoms with Crippen LogP contribution in [-0.2, 0) is 0 Å². The number of fused-ring (bicyclic) bond motifs is 10. The van der Waals surface area contributed by atoms with Gasteiger partial charge in [0, 0.05) is 39.0 Å². The smallest absolute Gasteiger partial charge is 0.252 e. The molecule has 334 valence electrons. The summed E-state index contributed by atoms with van der Waals surface area (Å²) >= 11 is 0. The van der Waals surface area contributed by atoms with E-state index >= 15 is 0 Å². The predicted molar refractivity (Wildman–Crippen MR) is 304 cm³/mol. The molecule has 72 heavy (non-hydrogen) atoms. The van der Waals surface area contributed by atoms with Crippen molar-refractivity contribution in [3.63, 3.8) is 0 Å². The SMILES string of the molecule is c1ccc(-c2ccc(-c3ccccc3)c(N3c4cc5ccccc5cc4B4c5cc6ccccc6cc5N(c5cc(-c6ccccc6)ccc5-c5ccccc5)c5c4c3cc3c5oc4ccccc43)c2)cc1. The number of benzene rings is 12. The van der Waals surface area contributed by atoms with Crippen LogP contribution in [0, 0.1) is 0 Å². The van der Waals surface area contributed by atoms with Gasteiger partial charge in [-0.15, -0.1) is 0 Å². The van der Waals surface area contributed by atoms with Gasteiger partial charge in [0.15, 0.2) is 5.58 Å². The molecule has 0 N–H and O–H groups in total. The summed E-state index contributed by atoms with van der Waals surface area (Å²) in [4.78, 5) is 5.16. The van der Waals surface area contributed by atoms with E-state index in [0.29, 0.717) is 0 Å². The maximum absolute atomic E-state index is 7.35. The second kappa shape index (κ2) is 16.1. The number of hydrogen-bond donors (Lipinski definition) is 0. The maximum Gasteiger partial charge on any atom is 0.252 e. The molecule has 13 aromatic rings. The van der Waals surface area contributed by atoms with E-state index in [0.717, 1.165) is 95.0 Å². The Morgan fingerprint density at radius 1 is 0.292 bits per heavy atom. The lowest BCUT2D eigenvalue weighted by Gasteiger charge is -2.45. The van der Waals surface area contributed by atoms with Gasteiger partial charge in [0.1, 0.15) is 5.58 Å². The van der Waals surface area contributed by atoms with Crippen LogP contribution >= 0.6 is 0 Å². The Balaban J connectivity index is 1.14. The van der Waals surface area contributed by atoms with Crippen LogP contribution in [0.15, 0.2) is 265 Å². The molecule has 0 saturated carbocycles. The van der Waals surface area contributed by atoms with Crippen molar-refractivity contribution in [1.82, 2.24) is 0 Å². The average Bonchev–Trinajstić information content (AvgIpc) is 3.83. The molecule has 3 nitrogen and oxygen atoms in total. The zero-order valence-electron chi connectivity index (χ0n) is 39.2. The molecule has 2 aliphatic rings. The molecule has 15 rings (SSSR count). The van der Waals surface area contributed by atoms with Gasteiger partial charge in [-0.25, -0.2) is 0 Å². The Labute approximate surface area is 418 Å². The van der Waals surface area contributed by atoms with Crippen LogP contribution < -0.4 is 26.2 Å². The summed E-state index contributed by atoms with van der Waals surface area (Å²) in [6, 6.07) is 95.9. The average molecular weight is 915 g/mol. The van der Waals surface area contributed by atoms with Gasteiger partial charge in [0.25, 0.3) is 6.71 Å². The first-order valence-electron chi connectivity index (χ1n) is 24.9. The van der Waals surface area contributed by atoms with E-state index in [2.05, 4.69) is 271 Å². The highest BCUT2D eigenvalue weighted by molar-refractivity contribution is 7.01. The van der Waals surface area contributed by atoms with Crippen LogP contribution in [0.3, 0.4) is 0 Å². The van der Waals surface area contributed by atoms with Crippen molar-refractivity contribution in [3.8, 4) is 44.5 Å². The predicted octanol–water partition coefficient (Wildman–Crippen LogP) is 16.6. The Morgan fingerprint density at radius 3 is 1.25 bits per heavy atom. The molecule has 0 amide bonds. The van der Waals surface area contributed by atoms with E-state index in [1.807, 2.05) is 0 Å². The van der Waals surface area contributed by atoms with Crippen molar-refractivity contribution < 1.29 is 4.42 Å². The Hall–Kier alpha value is -9.38. The molecular weight excluding hydrogens is 872 g/mol. The van der Waals surface area contributed by atoms with Gasteiger partial charge in [-0.05, 0) is 108 Å². The molecule has 1 aromatic heterocycles. The van der Waals surface area contributed by atoms with Crippen LogP contribution in [-0.4, -0.2) is 6.71 Å². The molecule has 2 aliphatic heterocycles. The number of rotatable bonds is 6. The van der Waals surface area contributed by atoms with E-state index < -0.39 is 0 Å². The van der Waals surface area contributed by atoms with Crippen LogP contribution in [0.5, 0.6) is 0 Å². The monoisotopic (exact) mass is 914 g/mol. The normalized spacial score (nSPS) is 12.6. The van der Waals surface area contributed by atoms with Gasteiger partial charge in [-0.1, -0.05) is 224 Å². The third-order valence-electron chi connectivity index (χ3n) is 15.2. The zero-order chi connectivity index (χ0) is 47.3. The molecule has 4 heteroatoms. The topological polar surface area (TPSA) is 19.6 Å². The minimum Gasteiger partial charge on any atom is -0.454 e. The molecule has 0 fully saturated rings. The van der Waals surface area contributed by atoms with Gasteiger partial charge in [-0.2, -0.15) is 0 Å². The first-order valence-corrected chi connectivity index (χ1v) is 24.9. The summed E-state index contributed by atoms with van der Waals surface area (Å²) in [6.45, 7) is -0.158. The summed E-state index contributed by atoms with van der Waals surface area (Å²) in [5, 5.41) is 6.95. The quantitative estimate of drug-likeness (QED) is 0.155. The highest BCUT2D eigenvalue weighted by Gasteiger charge is 2.46. The fraction of sp³-hybridized carbons (Fsp3) is 0. The lowest BCUT2D eigenvalue weighted by atomic mass is 9.33. The largest absolute Gasteiger partial charge is 0.454 e. The van der Waals surface area contributed by atoms with Crippen molar-refractivity contribution in [2.75, 3.05) is 9.80 Å². The molecule has 0 radical (unpaired) electrons. The zero-order valence-corrected chi connectivity index (χ0v) is 39.2. The highest BCUT2D eigenvalue weighted by atomic mass is 16.3. The number of anilines is 6. The van der Waals surface area contributed by atoms with Crippen LogP contribution in [0.1, 0.15) is 0 Å². The summed E-state index contributed by atoms with van der Waals surface area (Å²) in [5.41, 5.74) is 21.3. The van der Waals surface area contributed by atoms with Crippen molar-refractivity contribution in [2.24, 2.45) is 0 Å². The molecule has 0 aliphatic carbocycles. The molecule has 3 heterocycles. The summed E-state index contributed by atoms with van der Waals surface area (Å²) in [7, 11) is 0. The third-order valence-corrected chi connectivity index (χ3v) is 15.2. The number of para-hydroxylation sites is 1. The fourth-order valence-corrected chi connectivity index (χ4v) is 11.9. The summed E-state index contributed by atoms with van der Waals surface area (Å²) < 4.78 is 7.35. The third kappa shape index (κ3) is 6.26. The molecule has 0 bridgehead atoms. The second-order valence-electron chi connectivity index (χ2n) is 19.2. The van der Waals surface area contributed by atoms with Crippen molar-refractivity contribution >= 4 is 101 Å². The van der Waals surface area contributed by atoms with Crippen LogP contribution in [0.4, 0.5) is 34.1 Å². The van der Waals surface area contributed by atoms with E-state index in [9.17, 15) is 0 Å². The van der Waals surface area contributed by atoms with Gasteiger partial charge in [-0.3, -0.25) is 0 Å². The molecule has 0 atom stereocenters. The van der Waals surface area contributed by atoms with Crippen molar-refractivity contribution in [1.29, 1.82) is 0 Å². The van der Waals surface area contributed by atoms with Crippen molar-refractivity contribution in [3.05, 3.63) is 261 Å². The van der Waals surface area contributed by atoms with E-state index in [1.165, 1.54) is 43.5 Å². The minimum absolute atomic E-state index is 0.158. The van der Waals surface area contributed by atoms with Gasteiger partial charge in [0.05, 0.1) is 17.1 Å². The minimum atomic E-state index is -0.158. The standard InChI is InChI=1S/C68H43BN2O/c1-5-19-44(20-6-1)52-33-35-54(46-23-9-3-10-24-46)60(39-52)70-62-41-50-29-15-13-27-48(50)37-58(62)69-59-38-49-28-14-16-30-51(49)42-63(59)71(67-66(69)64(70)43-57-56-31-17-18-32-65(56)72-68(57)67)61-40-53(45-21-7-2-8-22-45)34-36-55(61)47-25-11-4-12-26-47/h1-43H. The molecular formula is C68H43BN2O. The summed E-state index contributed by atoms with van der Waals surface area (Å²) in [6.07, 6.45) is 0. The van der Waals surface area contributed by atoms with Crippen LogP contribution in [0.25, 0.3) is 88.0 Å². The highest BCUT2D eigenvalue weighted by Crippen LogP contribution is 2.53. The molecule has 12 aromatic carbocycles. The number of nitrogens with zero attached hydrogens (tertiary/aromatic N) is 2. The maximum atomic E-state index is 7.35. The van der Waals surface area contributed by atoms with Crippen molar-refractivity contribution in [2.45, 2.75) is 0 Å². The molecule has 0 unspecified atom stereocenters. The van der Waals surface area contributed by atoms with Gasteiger partial charge >= 0.3 is 0 Å². The lowest BCUT2D eigenvalue weighted by Crippen LogP contribution is -2.61. The van der Waals surface area contributed by atoms with E-state index in [-0.39, 0.29) is 6.71 Å². The Kier molecular flexibility index (Phi) is 9.06. The fourth-order valence-electron chi connectivity index (χ4n) is 11.9. The second-order valence-corrected chi connectivity index (χ2v) is 19.2. The molecule has 0 spiro atoms. The first-order chi connectivity index (χ1) is 35.7. The Morgan fingerprint density at radius 2 is 0.722 bits per heavy atom. The summed E-state index contributed by atoms with van der Waals surface area (Å²) in [5.74, 6) is 0. The van der Waals surface area contributed by atoms with E-state index in [1.54, 1.807) is 0 Å². The Bertz CT molecular complexity index is 4260. The van der Waals surface area contributed by atoms with Gasteiger partial charge < -0.3 is 14.2 Å². The number of furan rings is 1. The molecule has 0 saturated heterocycles. The first kappa shape index (κ1) is 40.5. The number of hydrogen-bond acceptors (Lipinski definition) is 3. The lowest BCUT2D eigenvalue weighted by molar-refractivity contribution is 0.669. The van der Waals surface area contributed by atoms with Gasteiger partial charge in [0.2, 0.25) is 0 Å².